The van der Waals surface area contributed by atoms with Crippen molar-refractivity contribution >= 4 is 10.8 Å². The molecule has 0 saturated carbocycles. The Bertz CT molecular complexity index is 870. The number of hydrogen-bond donors (Lipinski definition) is 1. The maximum Gasteiger partial charge on any atom is 0.272 e. The van der Waals surface area contributed by atoms with Crippen LogP contribution in [0, 0.1) is 0 Å². The second kappa shape index (κ2) is 6.62. The number of methoxy groups -OCH3 is 1. The molecule has 0 aliphatic heterocycles. The van der Waals surface area contributed by atoms with Gasteiger partial charge < -0.3 is 9.47 Å². The van der Waals surface area contributed by atoms with Gasteiger partial charge in [-0.05, 0) is 30.7 Å². The molecule has 118 valence electrons. The lowest BCUT2D eigenvalue weighted by Crippen LogP contribution is -2.09. The first kappa shape index (κ1) is 15.2. The van der Waals surface area contributed by atoms with Gasteiger partial charge in [0.1, 0.15) is 5.75 Å². The van der Waals surface area contributed by atoms with E-state index in [1.807, 2.05) is 43.3 Å². The van der Waals surface area contributed by atoms with Gasteiger partial charge in [0.2, 0.25) is 0 Å². The van der Waals surface area contributed by atoms with Crippen LogP contribution in [-0.4, -0.2) is 23.9 Å². The summed E-state index contributed by atoms with van der Waals surface area (Å²) < 4.78 is 10.6. The molecule has 1 heterocycles. The number of benzene rings is 2. The van der Waals surface area contributed by atoms with E-state index in [4.69, 9.17) is 9.47 Å². The molecule has 1 N–H and O–H groups in total. The third kappa shape index (κ3) is 3.10. The molecule has 1 aromatic heterocycles. The molecule has 0 fully saturated rings. The molecular weight excluding hydrogens is 292 g/mol. The fourth-order valence-corrected chi connectivity index (χ4v) is 2.55. The van der Waals surface area contributed by atoms with E-state index in [0.717, 1.165) is 22.2 Å². The summed E-state index contributed by atoms with van der Waals surface area (Å²) in [4.78, 5) is 12.1. The van der Waals surface area contributed by atoms with Crippen molar-refractivity contribution < 1.29 is 9.47 Å². The minimum atomic E-state index is -0.221. The number of ether oxygens (including phenoxy) is 2. The predicted molar refractivity (Wildman–Crippen MR) is 89.7 cm³/mol. The topological polar surface area (TPSA) is 64.2 Å². The van der Waals surface area contributed by atoms with Crippen LogP contribution in [0.2, 0.25) is 0 Å². The zero-order chi connectivity index (χ0) is 16.2. The van der Waals surface area contributed by atoms with Crippen molar-refractivity contribution in [2.24, 2.45) is 0 Å². The van der Waals surface area contributed by atoms with Crippen molar-refractivity contribution in [1.29, 1.82) is 0 Å². The average Bonchev–Trinajstić information content (AvgIpc) is 2.57. The summed E-state index contributed by atoms with van der Waals surface area (Å²) in [6, 6.07) is 13.4. The highest BCUT2D eigenvalue weighted by Gasteiger charge is 2.10. The fraction of sp³-hybridized carbons (Fsp3) is 0.222. The quantitative estimate of drug-likeness (QED) is 0.786. The zero-order valence-corrected chi connectivity index (χ0v) is 13.1. The van der Waals surface area contributed by atoms with Crippen molar-refractivity contribution in [2.75, 3.05) is 13.7 Å². The van der Waals surface area contributed by atoms with E-state index >= 15 is 0 Å². The van der Waals surface area contributed by atoms with Gasteiger partial charge in [-0.1, -0.05) is 24.3 Å². The largest absolute Gasteiger partial charge is 0.494 e. The van der Waals surface area contributed by atoms with Gasteiger partial charge in [-0.2, -0.15) is 5.10 Å². The Balaban J connectivity index is 2.10. The molecular formula is C18H18N2O3. The number of aromatic amines is 1. The molecule has 0 bridgehead atoms. The summed E-state index contributed by atoms with van der Waals surface area (Å²) in [6.45, 7) is 3.04. The number of rotatable bonds is 5. The van der Waals surface area contributed by atoms with Crippen molar-refractivity contribution in [3.63, 3.8) is 0 Å². The number of nitrogens with zero attached hydrogens (tertiary/aromatic N) is 1. The molecule has 0 aliphatic rings. The predicted octanol–water partition coefficient (Wildman–Crippen LogP) is 3.14. The van der Waals surface area contributed by atoms with Crippen LogP contribution in [0.3, 0.4) is 0 Å². The third-order valence-corrected chi connectivity index (χ3v) is 3.61. The summed E-state index contributed by atoms with van der Waals surface area (Å²) in [6.07, 6.45) is 0. The Morgan fingerprint density at radius 2 is 1.87 bits per heavy atom. The first-order chi connectivity index (χ1) is 11.2. The Morgan fingerprint density at radius 3 is 2.57 bits per heavy atom. The highest BCUT2D eigenvalue weighted by Crippen LogP contribution is 2.27. The summed E-state index contributed by atoms with van der Waals surface area (Å²) >= 11 is 0. The van der Waals surface area contributed by atoms with Gasteiger partial charge >= 0.3 is 0 Å². The molecule has 5 nitrogen and oxygen atoms in total. The SMILES string of the molecule is CCOc1ccc2c(-c3ccc(COC)cc3)n[nH]c(=O)c2c1. The van der Waals surface area contributed by atoms with Crippen molar-refractivity contribution in [3.8, 4) is 17.0 Å². The van der Waals surface area contributed by atoms with E-state index in [-0.39, 0.29) is 5.56 Å². The molecule has 23 heavy (non-hydrogen) atoms. The highest BCUT2D eigenvalue weighted by atomic mass is 16.5. The van der Waals surface area contributed by atoms with Crippen LogP contribution in [0.15, 0.2) is 47.3 Å². The maximum atomic E-state index is 12.1. The molecule has 3 aromatic rings. The molecule has 2 aromatic carbocycles. The summed E-state index contributed by atoms with van der Waals surface area (Å²) in [7, 11) is 1.67. The van der Waals surface area contributed by atoms with Crippen LogP contribution in [0.25, 0.3) is 22.0 Å². The Hall–Kier alpha value is -2.66. The number of fused-ring (bicyclic) bond motifs is 1. The summed E-state index contributed by atoms with van der Waals surface area (Å²) in [5, 5.41) is 8.16. The van der Waals surface area contributed by atoms with Crippen LogP contribution < -0.4 is 10.3 Å². The molecule has 0 spiro atoms. The summed E-state index contributed by atoms with van der Waals surface area (Å²) in [5.41, 5.74) is 2.55. The molecule has 0 amide bonds. The minimum Gasteiger partial charge on any atom is -0.494 e. The Morgan fingerprint density at radius 1 is 1.09 bits per heavy atom. The molecule has 0 saturated heterocycles. The molecule has 0 unspecified atom stereocenters. The van der Waals surface area contributed by atoms with Crippen LogP contribution in [0.4, 0.5) is 0 Å². The number of aromatic nitrogens is 2. The van der Waals surface area contributed by atoms with Crippen LogP contribution in [0.5, 0.6) is 5.75 Å². The van der Waals surface area contributed by atoms with Crippen molar-refractivity contribution in [3.05, 3.63) is 58.4 Å². The number of hydrogen-bond acceptors (Lipinski definition) is 4. The van der Waals surface area contributed by atoms with Gasteiger partial charge in [-0.25, -0.2) is 5.10 Å². The van der Waals surface area contributed by atoms with Gasteiger partial charge in [0.25, 0.3) is 5.56 Å². The smallest absolute Gasteiger partial charge is 0.272 e. The zero-order valence-electron chi connectivity index (χ0n) is 13.1. The van der Waals surface area contributed by atoms with Crippen LogP contribution >= 0.6 is 0 Å². The van der Waals surface area contributed by atoms with E-state index in [0.29, 0.717) is 24.3 Å². The molecule has 3 rings (SSSR count). The van der Waals surface area contributed by atoms with Crippen molar-refractivity contribution in [1.82, 2.24) is 10.2 Å². The normalized spacial score (nSPS) is 10.9. The second-order valence-electron chi connectivity index (χ2n) is 5.17. The monoisotopic (exact) mass is 310 g/mol. The van der Waals surface area contributed by atoms with E-state index in [2.05, 4.69) is 10.2 Å². The lowest BCUT2D eigenvalue weighted by molar-refractivity contribution is 0.185. The van der Waals surface area contributed by atoms with Crippen LogP contribution in [0.1, 0.15) is 12.5 Å². The van der Waals surface area contributed by atoms with E-state index < -0.39 is 0 Å². The lowest BCUT2D eigenvalue weighted by atomic mass is 10.0. The Labute approximate surface area is 133 Å². The molecule has 0 radical (unpaired) electrons. The van der Waals surface area contributed by atoms with Gasteiger partial charge in [0.05, 0.1) is 24.3 Å². The van der Waals surface area contributed by atoms with Gasteiger partial charge in [-0.3, -0.25) is 4.79 Å². The van der Waals surface area contributed by atoms with E-state index in [9.17, 15) is 4.79 Å². The van der Waals surface area contributed by atoms with Gasteiger partial charge in [-0.15, -0.1) is 0 Å². The third-order valence-electron chi connectivity index (χ3n) is 3.61. The van der Waals surface area contributed by atoms with E-state index in [1.165, 1.54) is 0 Å². The van der Waals surface area contributed by atoms with Gasteiger partial charge in [0.15, 0.2) is 0 Å². The lowest BCUT2D eigenvalue weighted by Gasteiger charge is -2.08. The Kier molecular flexibility index (Phi) is 4.39. The van der Waals surface area contributed by atoms with Crippen LogP contribution in [-0.2, 0) is 11.3 Å². The van der Waals surface area contributed by atoms with Gasteiger partial charge in [0, 0.05) is 18.1 Å². The number of H-pyrrole nitrogens is 1. The molecule has 0 atom stereocenters. The first-order valence-corrected chi connectivity index (χ1v) is 7.46. The average molecular weight is 310 g/mol. The van der Waals surface area contributed by atoms with Crippen molar-refractivity contribution in [2.45, 2.75) is 13.5 Å². The first-order valence-electron chi connectivity index (χ1n) is 7.46. The maximum absolute atomic E-state index is 12.1. The minimum absolute atomic E-state index is 0.221. The number of nitrogens with one attached hydrogen (secondary N) is 1. The summed E-state index contributed by atoms with van der Waals surface area (Å²) in [5.74, 6) is 0.679. The van der Waals surface area contributed by atoms with E-state index in [1.54, 1.807) is 13.2 Å². The highest BCUT2D eigenvalue weighted by molar-refractivity contribution is 5.94. The standard InChI is InChI=1S/C18H18N2O3/c1-3-23-14-8-9-15-16(10-14)18(21)20-19-17(15)13-6-4-12(5-7-13)11-22-2/h4-10H,3,11H2,1-2H3,(H,20,21). The molecule has 5 heteroatoms. The fourth-order valence-electron chi connectivity index (χ4n) is 2.55. The molecule has 0 aliphatic carbocycles. The second-order valence-corrected chi connectivity index (χ2v) is 5.17.